The van der Waals surface area contributed by atoms with Gasteiger partial charge in [-0.3, -0.25) is 4.98 Å². The Morgan fingerprint density at radius 1 is 1.44 bits per heavy atom. The summed E-state index contributed by atoms with van der Waals surface area (Å²) in [6, 6.07) is 0.415. The summed E-state index contributed by atoms with van der Waals surface area (Å²) in [7, 11) is 0. The van der Waals surface area contributed by atoms with Gasteiger partial charge in [0.2, 0.25) is 0 Å². The number of aliphatic hydroxyl groups is 1. The number of hydrogen-bond acceptors (Lipinski definition) is 5. The first-order valence-corrected chi connectivity index (χ1v) is 6.30. The van der Waals surface area contributed by atoms with E-state index in [9.17, 15) is 10.2 Å². The standard InChI is InChI=1S/C13H20N2O3/c1-9-13(17)12(10(8-16)6-14-9)7-15-11-2-4-18-5-3-11/h6,11,15-17H,2-5,7-8H2,1H3. The Morgan fingerprint density at radius 3 is 2.83 bits per heavy atom. The van der Waals surface area contributed by atoms with Gasteiger partial charge in [0.1, 0.15) is 5.75 Å². The molecule has 18 heavy (non-hydrogen) atoms. The van der Waals surface area contributed by atoms with Gasteiger partial charge in [-0.25, -0.2) is 0 Å². The molecule has 5 nitrogen and oxygen atoms in total. The lowest BCUT2D eigenvalue weighted by Gasteiger charge is -2.24. The van der Waals surface area contributed by atoms with Crippen LogP contribution in [0.15, 0.2) is 6.20 Å². The fourth-order valence-electron chi connectivity index (χ4n) is 2.17. The van der Waals surface area contributed by atoms with E-state index in [0.29, 0.717) is 23.8 Å². The van der Waals surface area contributed by atoms with Crippen LogP contribution in [-0.2, 0) is 17.9 Å². The van der Waals surface area contributed by atoms with Crippen LogP contribution in [0.3, 0.4) is 0 Å². The average Bonchev–Trinajstić information content (AvgIpc) is 2.41. The van der Waals surface area contributed by atoms with Gasteiger partial charge in [0.15, 0.2) is 0 Å². The summed E-state index contributed by atoms with van der Waals surface area (Å²) in [6.45, 7) is 3.77. The first kappa shape index (κ1) is 13.3. The van der Waals surface area contributed by atoms with E-state index in [0.717, 1.165) is 31.6 Å². The van der Waals surface area contributed by atoms with Crippen molar-refractivity contribution in [1.29, 1.82) is 0 Å². The van der Waals surface area contributed by atoms with Gasteiger partial charge in [-0.15, -0.1) is 0 Å². The van der Waals surface area contributed by atoms with Crippen molar-refractivity contribution < 1.29 is 14.9 Å². The van der Waals surface area contributed by atoms with Crippen molar-refractivity contribution in [3.63, 3.8) is 0 Å². The van der Waals surface area contributed by atoms with Crippen LogP contribution in [0, 0.1) is 6.92 Å². The zero-order chi connectivity index (χ0) is 13.0. The monoisotopic (exact) mass is 252 g/mol. The van der Waals surface area contributed by atoms with Crippen molar-refractivity contribution in [1.82, 2.24) is 10.3 Å². The van der Waals surface area contributed by atoms with E-state index in [1.807, 2.05) is 0 Å². The summed E-state index contributed by atoms with van der Waals surface area (Å²) in [5, 5.41) is 22.7. The van der Waals surface area contributed by atoms with Crippen molar-refractivity contribution in [2.75, 3.05) is 13.2 Å². The molecule has 3 N–H and O–H groups in total. The molecule has 5 heteroatoms. The normalized spacial score (nSPS) is 17.0. The average molecular weight is 252 g/mol. The lowest BCUT2D eigenvalue weighted by molar-refractivity contribution is 0.0775. The molecule has 0 saturated carbocycles. The molecule has 0 aromatic carbocycles. The third-order valence-electron chi connectivity index (χ3n) is 3.39. The number of aliphatic hydroxyl groups excluding tert-OH is 1. The van der Waals surface area contributed by atoms with Crippen LogP contribution in [0.5, 0.6) is 5.75 Å². The Hall–Kier alpha value is -1.17. The molecule has 1 aliphatic heterocycles. The number of aromatic hydroxyl groups is 1. The second-order valence-electron chi connectivity index (χ2n) is 4.62. The van der Waals surface area contributed by atoms with Gasteiger partial charge >= 0.3 is 0 Å². The Kier molecular flexibility index (Phi) is 4.52. The second-order valence-corrected chi connectivity index (χ2v) is 4.62. The van der Waals surface area contributed by atoms with Crippen LogP contribution < -0.4 is 5.32 Å². The lowest BCUT2D eigenvalue weighted by Crippen LogP contribution is -2.34. The molecule has 0 amide bonds. The summed E-state index contributed by atoms with van der Waals surface area (Å²) < 4.78 is 5.30. The minimum absolute atomic E-state index is 0.106. The zero-order valence-electron chi connectivity index (χ0n) is 10.6. The highest BCUT2D eigenvalue weighted by molar-refractivity contribution is 5.40. The van der Waals surface area contributed by atoms with Crippen LogP contribution in [0.4, 0.5) is 0 Å². The van der Waals surface area contributed by atoms with Crippen LogP contribution in [-0.4, -0.2) is 34.5 Å². The van der Waals surface area contributed by atoms with Crippen molar-refractivity contribution in [2.24, 2.45) is 0 Å². The molecule has 1 aromatic heterocycles. The summed E-state index contributed by atoms with van der Waals surface area (Å²) in [6.07, 6.45) is 3.59. The molecule has 0 bridgehead atoms. The molecule has 100 valence electrons. The molecule has 0 spiro atoms. The maximum Gasteiger partial charge on any atom is 0.141 e. The van der Waals surface area contributed by atoms with Gasteiger partial charge in [0, 0.05) is 43.1 Å². The maximum absolute atomic E-state index is 10.0. The Bertz CT molecular complexity index is 403. The number of ether oxygens (including phenoxy) is 1. The van der Waals surface area contributed by atoms with E-state index in [4.69, 9.17) is 4.74 Å². The van der Waals surface area contributed by atoms with E-state index in [2.05, 4.69) is 10.3 Å². The fourth-order valence-corrected chi connectivity index (χ4v) is 2.17. The summed E-state index contributed by atoms with van der Waals surface area (Å²) in [5.74, 6) is 0.182. The Balaban J connectivity index is 2.05. The minimum Gasteiger partial charge on any atom is -0.506 e. The van der Waals surface area contributed by atoms with E-state index in [1.54, 1.807) is 13.1 Å². The van der Waals surface area contributed by atoms with Crippen LogP contribution in [0.25, 0.3) is 0 Å². The van der Waals surface area contributed by atoms with Crippen molar-refractivity contribution in [3.05, 3.63) is 23.0 Å². The molecule has 0 unspecified atom stereocenters. The van der Waals surface area contributed by atoms with E-state index in [-0.39, 0.29) is 12.4 Å². The van der Waals surface area contributed by atoms with Crippen molar-refractivity contribution in [2.45, 2.75) is 39.0 Å². The number of hydrogen-bond donors (Lipinski definition) is 3. The molecule has 1 fully saturated rings. The lowest BCUT2D eigenvalue weighted by atomic mass is 10.1. The topological polar surface area (TPSA) is 74.6 Å². The molecule has 1 aromatic rings. The number of nitrogens with one attached hydrogen (secondary N) is 1. The summed E-state index contributed by atoms with van der Waals surface area (Å²) in [5.41, 5.74) is 2.02. The van der Waals surface area contributed by atoms with Gasteiger partial charge in [0.25, 0.3) is 0 Å². The van der Waals surface area contributed by atoms with Gasteiger partial charge in [-0.05, 0) is 19.8 Å². The summed E-state index contributed by atoms with van der Waals surface area (Å²) in [4.78, 5) is 4.05. The molecule has 2 rings (SSSR count). The highest BCUT2D eigenvalue weighted by Crippen LogP contribution is 2.24. The van der Waals surface area contributed by atoms with Crippen molar-refractivity contribution >= 4 is 0 Å². The maximum atomic E-state index is 10.0. The fraction of sp³-hybridized carbons (Fsp3) is 0.615. The third-order valence-corrected chi connectivity index (χ3v) is 3.39. The molecule has 1 saturated heterocycles. The first-order valence-electron chi connectivity index (χ1n) is 6.30. The van der Waals surface area contributed by atoms with E-state index < -0.39 is 0 Å². The predicted molar refractivity (Wildman–Crippen MR) is 67.2 cm³/mol. The number of nitrogens with zero attached hydrogens (tertiary/aromatic N) is 1. The number of pyridine rings is 1. The first-order chi connectivity index (χ1) is 8.72. The number of aryl methyl sites for hydroxylation is 1. The van der Waals surface area contributed by atoms with Crippen LogP contribution in [0.1, 0.15) is 29.7 Å². The van der Waals surface area contributed by atoms with Crippen LogP contribution >= 0.6 is 0 Å². The molecule has 0 aliphatic carbocycles. The molecule has 1 aliphatic rings. The van der Waals surface area contributed by atoms with Gasteiger partial charge < -0.3 is 20.3 Å². The zero-order valence-corrected chi connectivity index (χ0v) is 10.6. The molecule has 2 heterocycles. The molecule has 0 atom stereocenters. The smallest absolute Gasteiger partial charge is 0.141 e. The predicted octanol–water partition coefficient (Wildman–Crippen LogP) is 0.857. The Morgan fingerprint density at radius 2 is 2.17 bits per heavy atom. The van der Waals surface area contributed by atoms with E-state index >= 15 is 0 Å². The molecular formula is C13H20N2O3. The number of aromatic nitrogens is 1. The quantitative estimate of drug-likeness (QED) is 0.741. The van der Waals surface area contributed by atoms with Gasteiger partial charge in [-0.1, -0.05) is 0 Å². The Labute approximate surface area is 107 Å². The minimum atomic E-state index is -0.106. The highest BCUT2D eigenvalue weighted by atomic mass is 16.5. The highest BCUT2D eigenvalue weighted by Gasteiger charge is 2.16. The molecule has 0 radical (unpaired) electrons. The van der Waals surface area contributed by atoms with Gasteiger partial charge in [0.05, 0.1) is 12.3 Å². The van der Waals surface area contributed by atoms with Crippen molar-refractivity contribution in [3.8, 4) is 5.75 Å². The summed E-state index contributed by atoms with van der Waals surface area (Å²) >= 11 is 0. The van der Waals surface area contributed by atoms with Crippen LogP contribution in [0.2, 0.25) is 0 Å². The SMILES string of the molecule is Cc1ncc(CO)c(CNC2CCOCC2)c1O. The molecular weight excluding hydrogens is 232 g/mol. The van der Waals surface area contributed by atoms with E-state index in [1.165, 1.54) is 0 Å². The largest absolute Gasteiger partial charge is 0.506 e. The van der Waals surface area contributed by atoms with Gasteiger partial charge in [-0.2, -0.15) is 0 Å². The second kappa shape index (κ2) is 6.13. The third kappa shape index (κ3) is 2.98. The number of rotatable bonds is 4.